The second-order valence-electron chi connectivity index (χ2n) is 8.99. The number of amides is 2. The molecule has 35 heavy (non-hydrogen) atoms. The fraction of sp³-hybridized carbons (Fsp3) is 0.370. The van der Waals surface area contributed by atoms with Gasteiger partial charge in [-0.3, -0.25) is 0 Å². The molecule has 182 valence electrons. The molecule has 1 fully saturated rings. The van der Waals surface area contributed by atoms with Gasteiger partial charge in [-0.05, 0) is 24.6 Å². The van der Waals surface area contributed by atoms with E-state index in [2.05, 4.69) is 41.4 Å². The molecule has 1 saturated heterocycles. The fourth-order valence-electron chi connectivity index (χ4n) is 4.64. The molecule has 1 aromatic heterocycles. The van der Waals surface area contributed by atoms with Gasteiger partial charge in [-0.15, -0.1) is 0 Å². The molecule has 0 radical (unpaired) electrons. The number of aryl methyl sites for hydroxylation is 1. The Balaban J connectivity index is 1.40. The van der Waals surface area contributed by atoms with Crippen LogP contribution in [0.2, 0.25) is 0 Å². The first kappa shape index (κ1) is 23.1. The van der Waals surface area contributed by atoms with Gasteiger partial charge >= 0.3 is 6.03 Å². The van der Waals surface area contributed by atoms with Gasteiger partial charge in [-0.2, -0.15) is 0 Å². The molecular formula is C27H31N5O3. The van der Waals surface area contributed by atoms with Crippen LogP contribution in [0, 0.1) is 6.92 Å². The topological polar surface area (TPSA) is 79.8 Å². The number of hydrogen-bond acceptors (Lipinski definition) is 6. The maximum Gasteiger partial charge on any atom is 0.322 e. The quantitative estimate of drug-likeness (QED) is 0.607. The van der Waals surface area contributed by atoms with Crippen LogP contribution in [-0.2, 0) is 24.1 Å². The smallest absolute Gasteiger partial charge is 0.322 e. The molecule has 0 atom stereocenters. The van der Waals surface area contributed by atoms with Crippen LogP contribution in [0.25, 0.3) is 0 Å². The maximum absolute atomic E-state index is 13.1. The monoisotopic (exact) mass is 473 g/mol. The second kappa shape index (κ2) is 10.3. The Bertz CT molecular complexity index is 1210. The first-order valence-electron chi connectivity index (χ1n) is 12.1. The van der Waals surface area contributed by atoms with Crippen molar-refractivity contribution in [3.05, 3.63) is 76.7 Å². The molecule has 0 aliphatic carbocycles. The third kappa shape index (κ3) is 5.38. The zero-order valence-electron chi connectivity index (χ0n) is 20.3. The molecule has 2 amide bonds. The number of anilines is 2. The summed E-state index contributed by atoms with van der Waals surface area (Å²) in [4.78, 5) is 27.2. The Hall–Kier alpha value is -3.65. The summed E-state index contributed by atoms with van der Waals surface area (Å²) >= 11 is 0. The van der Waals surface area contributed by atoms with Gasteiger partial charge in [0.1, 0.15) is 17.4 Å². The molecular weight excluding hydrogens is 442 g/mol. The molecule has 8 heteroatoms. The molecule has 0 saturated carbocycles. The Morgan fingerprint density at radius 2 is 1.91 bits per heavy atom. The van der Waals surface area contributed by atoms with E-state index in [0.717, 1.165) is 36.0 Å². The first-order valence-corrected chi connectivity index (χ1v) is 12.1. The zero-order valence-corrected chi connectivity index (χ0v) is 20.3. The number of morpholine rings is 1. The van der Waals surface area contributed by atoms with Gasteiger partial charge < -0.3 is 24.6 Å². The third-order valence-electron chi connectivity index (χ3n) is 6.45. The predicted molar refractivity (Wildman–Crippen MR) is 135 cm³/mol. The Kier molecular flexibility index (Phi) is 6.81. The van der Waals surface area contributed by atoms with Crippen molar-refractivity contribution < 1.29 is 14.3 Å². The molecule has 1 N–H and O–H groups in total. The summed E-state index contributed by atoms with van der Waals surface area (Å²) in [7, 11) is 1.61. The number of benzene rings is 2. The van der Waals surface area contributed by atoms with Crippen molar-refractivity contribution in [3.8, 4) is 5.75 Å². The number of ether oxygens (including phenoxy) is 2. The van der Waals surface area contributed by atoms with Gasteiger partial charge in [-0.25, -0.2) is 14.8 Å². The summed E-state index contributed by atoms with van der Waals surface area (Å²) in [5.41, 5.74) is 5.21. The van der Waals surface area contributed by atoms with Crippen LogP contribution in [0.5, 0.6) is 5.75 Å². The number of nitrogens with one attached hydrogen (secondary N) is 1. The summed E-state index contributed by atoms with van der Waals surface area (Å²) < 4.78 is 10.9. The van der Waals surface area contributed by atoms with Crippen molar-refractivity contribution in [2.75, 3.05) is 50.2 Å². The minimum Gasteiger partial charge on any atom is -0.497 e. The number of carbonyl (C=O) groups is 1. The van der Waals surface area contributed by atoms with Crippen molar-refractivity contribution in [1.29, 1.82) is 0 Å². The summed E-state index contributed by atoms with van der Waals surface area (Å²) in [5.74, 6) is 2.46. The van der Waals surface area contributed by atoms with Gasteiger partial charge in [0.05, 0.1) is 32.6 Å². The second-order valence-corrected chi connectivity index (χ2v) is 8.99. The summed E-state index contributed by atoms with van der Waals surface area (Å²) in [6.45, 7) is 6.08. The van der Waals surface area contributed by atoms with Crippen molar-refractivity contribution in [2.45, 2.75) is 26.3 Å². The van der Waals surface area contributed by atoms with E-state index < -0.39 is 0 Å². The molecule has 0 unspecified atom stereocenters. The lowest BCUT2D eigenvalue weighted by Crippen LogP contribution is -2.42. The van der Waals surface area contributed by atoms with E-state index in [1.54, 1.807) is 7.11 Å². The fourth-order valence-corrected chi connectivity index (χ4v) is 4.64. The number of carbonyl (C=O) groups excluding carboxylic acids is 1. The van der Waals surface area contributed by atoms with E-state index in [0.29, 0.717) is 50.6 Å². The SMILES string of the molecule is COc1cccc(NC(=O)N2CCc3nc(Cc4cccc(C)c4)nc(N4CCOCC4)c3C2)c1. The number of urea groups is 1. The van der Waals surface area contributed by atoms with Gasteiger partial charge in [0.25, 0.3) is 0 Å². The highest BCUT2D eigenvalue weighted by Gasteiger charge is 2.28. The molecule has 0 spiro atoms. The van der Waals surface area contributed by atoms with Crippen molar-refractivity contribution in [2.24, 2.45) is 0 Å². The Morgan fingerprint density at radius 1 is 1.09 bits per heavy atom. The van der Waals surface area contributed by atoms with Crippen molar-refractivity contribution >= 4 is 17.5 Å². The highest BCUT2D eigenvalue weighted by Crippen LogP contribution is 2.29. The van der Waals surface area contributed by atoms with Gasteiger partial charge in [0, 0.05) is 49.8 Å². The Morgan fingerprint density at radius 3 is 2.71 bits per heavy atom. The minimum atomic E-state index is -0.138. The predicted octanol–water partition coefficient (Wildman–Crippen LogP) is 3.81. The summed E-state index contributed by atoms with van der Waals surface area (Å²) in [5, 5.41) is 3.00. The van der Waals surface area contributed by atoms with Gasteiger partial charge in [-0.1, -0.05) is 35.9 Å². The average Bonchev–Trinajstić information content (AvgIpc) is 2.88. The molecule has 0 bridgehead atoms. The average molecular weight is 474 g/mol. The van der Waals surface area contributed by atoms with Crippen molar-refractivity contribution in [1.82, 2.24) is 14.9 Å². The van der Waals surface area contributed by atoms with Gasteiger partial charge in [0.2, 0.25) is 0 Å². The number of fused-ring (bicyclic) bond motifs is 1. The lowest BCUT2D eigenvalue weighted by Gasteiger charge is -2.34. The van der Waals surface area contributed by atoms with E-state index in [1.807, 2.05) is 29.2 Å². The van der Waals surface area contributed by atoms with Crippen LogP contribution < -0.4 is 15.0 Å². The standard InChI is InChI=1S/C27H31N5O3/c1-19-5-3-6-20(15-19)16-25-29-24-9-10-32(27(33)28-21-7-4-8-22(17-21)34-2)18-23(24)26(30-25)31-11-13-35-14-12-31/h3-8,15,17H,9-14,16,18H2,1-2H3,(H,28,33). The maximum atomic E-state index is 13.1. The van der Waals surface area contributed by atoms with Crippen molar-refractivity contribution in [3.63, 3.8) is 0 Å². The molecule has 2 aliphatic heterocycles. The summed E-state index contributed by atoms with van der Waals surface area (Å²) in [6.07, 6.45) is 1.38. The largest absolute Gasteiger partial charge is 0.497 e. The van der Waals surface area contributed by atoms with E-state index in [4.69, 9.17) is 19.4 Å². The number of nitrogens with zero attached hydrogens (tertiary/aromatic N) is 4. The van der Waals surface area contributed by atoms with Crippen LogP contribution in [0.15, 0.2) is 48.5 Å². The lowest BCUT2D eigenvalue weighted by molar-refractivity contribution is 0.122. The molecule has 3 aromatic rings. The number of methoxy groups -OCH3 is 1. The lowest BCUT2D eigenvalue weighted by atomic mass is 10.0. The van der Waals surface area contributed by atoms with E-state index in [1.165, 1.54) is 11.1 Å². The molecule has 5 rings (SSSR count). The number of aromatic nitrogens is 2. The van der Waals surface area contributed by atoms with E-state index >= 15 is 0 Å². The summed E-state index contributed by atoms with van der Waals surface area (Å²) in [6, 6.07) is 15.7. The molecule has 2 aromatic carbocycles. The van der Waals surface area contributed by atoms with Crippen LogP contribution >= 0.6 is 0 Å². The highest BCUT2D eigenvalue weighted by atomic mass is 16.5. The molecule has 2 aliphatic rings. The van der Waals surface area contributed by atoms with Crippen LogP contribution in [0.4, 0.5) is 16.3 Å². The third-order valence-corrected chi connectivity index (χ3v) is 6.45. The van der Waals surface area contributed by atoms with Crippen LogP contribution in [0.3, 0.4) is 0 Å². The molecule has 3 heterocycles. The Labute approximate surface area is 205 Å². The normalized spacial score (nSPS) is 15.5. The molecule has 8 nitrogen and oxygen atoms in total. The highest BCUT2D eigenvalue weighted by molar-refractivity contribution is 5.89. The van der Waals surface area contributed by atoms with E-state index in [9.17, 15) is 4.79 Å². The van der Waals surface area contributed by atoms with Crippen LogP contribution in [-0.4, -0.2) is 60.9 Å². The number of hydrogen-bond donors (Lipinski definition) is 1. The first-order chi connectivity index (χ1) is 17.1. The minimum absolute atomic E-state index is 0.138. The number of rotatable bonds is 5. The van der Waals surface area contributed by atoms with Gasteiger partial charge in [0.15, 0.2) is 0 Å². The van der Waals surface area contributed by atoms with Crippen LogP contribution in [0.1, 0.15) is 28.2 Å². The zero-order chi connectivity index (χ0) is 24.2. The van der Waals surface area contributed by atoms with E-state index in [-0.39, 0.29) is 6.03 Å².